The second-order valence-electron chi connectivity index (χ2n) is 6.85. The summed E-state index contributed by atoms with van der Waals surface area (Å²) < 4.78 is 130. The minimum Gasteiger partial charge on any atom is -0.429 e. The molecule has 3 rings (SSSR count). The maximum absolute atomic E-state index is 15.0. The van der Waals surface area contributed by atoms with Crippen LogP contribution in [0.1, 0.15) is 18.1 Å². The van der Waals surface area contributed by atoms with E-state index in [1.165, 1.54) is 24.3 Å². The van der Waals surface area contributed by atoms with Gasteiger partial charge in [0.2, 0.25) is 5.75 Å². The Balaban J connectivity index is 2.04. The molecular formula is C22H12F9O3. The van der Waals surface area contributed by atoms with Crippen LogP contribution in [0.3, 0.4) is 0 Å². The average molecular weight is 495 g/mol. The van der Waals surface area contributed by atoms with Crippen molar-refractivity contribution in [1.82, 2.24) is 0 Å². The summed E-state index contributed by atoms with van der Waals surface area (Å²) in [5, 5.41) is 12.1. The molecule has 0 N–H and O–H groups in total. The average Bonchev–Trinajstić information content (AvgIpc) is 2.69. The number of rotatable bonds is 6. The van der Waals surface area contributed by atoms with E-state index in [4.69, 9.17) is 0 Å². The van der Waals surface area contributed by atoms with Crippen LogP contribution in [0.2, 0.25) is 0 Å². The molecule has 34 heavy (non-hydrogen) atoms. The Morgan fingerprint density at radius 3 is 1.85 bits per heavy atom. The van der Waals surface area contributed by atoms with Crippen LogP contribution in [0.25, 0.3) is 11.1 Å². The summed E-state index contributed by atoms with van der Waals surface area (Å²) in [4.78, 5) is 0. The lowest BCUT2D eigenvalue weighted by Gasteiger charge is -2.21. The highest BCUT2D eigenvalue weighted by molar-refractivity contribution is 5.72. The molecule has 0 saturated carbocycles. The lowest BCUT2D eigenvalue weighted by molar-refractivity contribution is -0.276. The topological polar surface area (TPSA) is 38.4 Å². The summed E-state index contributed by atoms with van der Waals surface area (Å²) in [5.41, 5.74) is -2.33. The number of hydrogen-bond donors (Lipinski definition) is 0. The van der Waals surface area contributed by atoms with Gasteiger partial charge in [-0.1, -0.05) is 31.2 Å². The molecule has 12 heteroatoms. The first kappa shape index (κ1) is 25.1. The number of alkyl halides is 5. The van der Waals surface area contributed by atoms with Crippen LogP contribution >= 0.6 is 0 Å². The molecule has 0 fully saturated rings. The number of benzene rings is 3. The predicted octanol–water partition coefficient (Wildman–Crippen LogP) is 7.64. The van der Waals surface area contributed by atoms with Crippen LogP contribution in [0.5, 0.6) is 17.2 Å². The molecule has 181 valence electrons. The van der Waals surface area contributed by atoms with Crippen molar-refractivity contribution in [3.63, 3.8) is 0 Å². The SMILES string of the molecule is CCc1ccc(-c2c([O])cc(F)c(C(F)(F)Oc3cc(F)c(OC(F)(F)F)c(F)c3)c2F)cc1. The third-order valence-electron chi connectivity index (χ3n) is 4.56. The van der Waals surface area contributed by atoms with Gasteiger partial charge >= 0.3 is 12.5 Å². The molecule has 0 saturated heterocycles. The lowest BCUT2D eigenvalue weighted by Crippen LogP contribution is -2.26. The minimum absolute atomic E-state index is 0.0835. The summed E-state index contributed by atoms with van der Waals surface area (Å²) >= 11 is 0. The van der Waals surface area contributed by atoms with Gasteiger partial charge in [-0.2, -0.15) is 8.78 Å². The van der Waals surface area contributed by atoms with Crippen LogP contribution in [0, 0.1) is 23.3 Å². The zero-order chi connectivity index (χ0) is 25.4. The van der Waals surface area contributed by atoms with E-state index in [0.717, 1.165) is 5.56 Å². The molecule has 0 bridgehead atoms. The Morgan fingerprint density at radius 2 is 1.35 bits per heavy atom. The highest BCUT2D eigenvalue weighted by Gasteiger charge is 2.43. The molecule has 0 heterocycles. The summed E-state index contributed by atoms with van der Waals surface area (Å²) in [7, 11) is 0. The standard InChI is InChI=1S/C22H12F9O3/c1-2-10-3-5-11(6-4-10)17-16(32)9-13(23)18(19(17)26)21(27,28)33-12-7-14(24)20(15(25)8-12)34-22(29,30)31/h3-9H,2H2,1H3. The molecule has 0 unspecified atom stereocenters. The van der Waals surface area contributed by atoms with Gasteiger partial charge in [0.05, 0.1) is 5.56 Å². The van der Waals surface area contributed by atoms with Gasteiger partial charge in [0.15, 0.2) is 23.2 Å². The van der Waals surface area contributed by atoms with Gasteiger partial charge in [0.1, 0.15) is 17.1 Å². The largest absolute Gasteiger partial charge is 0.573 e. The first-order chi connectivity index (χ1) is 15.7. The molecule has 0 aliphatic heterocycles. The molecule has 3 nitrogen and oxygen atoms in total. The predicted molar refractivity (Wildman–Crippen MR) is 98.9 cm³/mol. The van der Waals surface area contributed by atoms with E-state index in [1.54, 1.807) is 6.92 Å². The van der Waals surface area contributed by atoms with Gasteiger partial charge in [0.25, 0.3) is 0 Å². The van der Waals surface area contributed by atoms with Crippen molar-refractivity contribution in [3.05, 3.63) is 76.9 Å². The van der Waals surface area contributed by atoms with Crippen LogP contribution < -0.4 is 9.47 Å². The van der Waals surface area contributed by atoms with E-state index in [1.807, 2.05) is 0 Å². The molecular weight excluding hydrogens is 483 g/mol. The van der Waals surface area contributed by atoms with Gasteiger partial charge in [-0.05, 0) is 17.5 Å². The fourth-order valence-corrected chi connectivity index (χ4v) is 3.05. The zero-order valence-electron chi connectivity index (χ0n) is 16.9. The third kappa shape index (κ3) is 5.15. The molecule has 0 aliphatic carbocycles. The van der Waals surface area contributed by atoms with E-state index in [9.17, 15) is 44.6 Å². The summed E-state index contributed by atoms with van der Waals surface area (Å²) in [6.07, 6.45) is -9.86. The quantitative estimate of drug-likeness (QED) is 0.330. The number of aryl methyl sites for hydroxylation is 1. The Labute approximate surface area is 186 Å². The number of ether oxygens (including phenoxy) is 2. The van der Waals surface area contributed by atoms with Crippen molar-refractivity contribution < 1.29 is 54.1 Å². The number of hydrogen-bond acceptors (Lipinski definition) is 2. The minimum atomic E-state index is -5.49. The maximum Gasteiger partial charge on any atom is 0.573 e. The molecule has 0 aliphatic rings. The van der Waals surface area contributed by atoms with Crippen LogP contribution in [0.15, 0.2) is 42.5 Å². The second kappa shape index (κ2) is 8.99. The summed E-state index contributed by atoms with van der Waals surface area (Å²) in [6.45, 7) is 1.80. The molecule has 1 radical (unpaired) electrons. The molecule has 0 atom stereocenters. The smallest absolute Gasteiger partial charge is 0.429 e. The van der Waals surface area contributed by atoms with Crippen molar-refractivity contribution in [1.29, 1.82) is 0 Å². The molecule has 0 amide bonds. The van der Waals surface area contributed by atoms with Gasteiger partial charge in [-0.25, -0.2) is 17.6 Å². The Hall–Kier alpha value is -3.57. The van der Waals surface area contributed by atoms with E-state index in [-0.39, 0.29) is 23.8 Å². The van der Waals surface area contributed by atoms with Gasteiger partial charge < -0.3 is 9.47 Å². The van der Waals surface area contributed by atoms with E-state index >= 15 is 0 Å². The van der Waals surface area contributed by atoms with Crippen LogP contribution in [0.4, 0.5) is 39.5 Å². The second-order valence-corrected chi connectivity index (χ2v) is 6.85. The lowest BCUT2D eigenvalue weighted by atomic mass is 9.98. The van der Waals surface area contributed by atoms with Gasteiger partial charge in [-0.15, -0.1) is 13.2 Å². The zero-order valence-corrected chi connectivity index (χ0v) is 16.9. The van der Waals surface area contributed by atoms with Crippen molar-refractivity contribution in [2.75, 3.05) is 0 Å². The fourth-order valence-electron chi connectivity index (χ4n) is 3.05. The number of halogens is 9. The first-order valence-corrected chi connectivity index (χ1v) is 9.34. The normalized spacial score (nSPS) is 12.1. The van der Waals surface area contributed by atoms with Crippen LogP contribution in [-0.2, 0) is 17.6 Å². The van der Waals surface area contributed by atoms with E-state index in [0.29, 0.717) is 6.42 Å². The monoisotopic (exact) mass is 495 g/mol. The third-order valence-corrected chi connectivity index (χ3v) is 4.56. The van der Waals surface area contributed by atoms with E-state index in [2.05, 4.69) is 9.47 Å². The summed E-state index contributed by atoms with van der Waals surface area (Å²) in [6, 6.07) is 5.37. The van der Waals surface area contributed by atoms with Gasteiger partial charge in [-0.3, -0.25) is 5.11 Å². The molecule has 0 aromatic heterocycles. The van der Waals surface area contributed by atoms with Crippen molar-refractivity contribution in [3.8, 4) is 28.4 Å². The van der Waals surface area contributed by atoms with Gasteiger partial charge in [0, 0.05) is 18.2 Å². The maximum atomic E-state index is 15.0. The molecule has 3 aromatic carbocycles. The highest BCUT2D eigenvalue weighted by Crippen LogP contribution is 2.43. The fraction of sp³-hybridized carbons (Fsp3) is 0.182. The van der Waals surface area contributed by atoms with Crippen LogP contribution in [-0.4, -0.2) is 6.36 Å². The Morgan fingerprint density at radius 1 is 0.794 bits per heavy atom. The first-order valence-electron chi connectivity index (χ1n) is 9.34. The molecule has 0 spiro atoms. The van der Waals surface area contributed by atoms with Crippen molar-refractivity contribution in [2.45, 2.75) is 25.8 Å². The van der Waals surface area contributed by atoms with Crippen molar-refractivity contribution >= 4 is 0 Å². The molecule has 3 aromatic rings. The Bertz CT molecular complexity index is 1180. The Kier molecular flexibility index (Phi) is 6.63. The summed E-state index contributed by atoms with van der Waals surface area (Å²) in [5.74, 6) is -12.8. The highest BCUT2D eigenvalue weighted by atomic mass is 19.4. The van der Waals surface area contributed by atoms with Crippen molar-refractivity contribution in [2.24, 2.45) is 0 Å². The van der Waals surface area contributed by atoms with E-state index < -0.39 is 64.1 Å².